The smallest absolute Gasteiger partial charge is 0.325 e. The van der Waals surface area contributed by atoms with Gasteiger partial charge >= 0.3 is 5.97 Å². The van der Waals surface area contributed by atoms with E-state index in [9.17, 15) is 39.0 Å². The van der Waals surface area contributed by atoms with E-state index in [-0.39, 0.29) is 18.4 Å². The van der Waals surface area contributed by atoms with Crippen LogP contribution >= 0.6 is 11.3 Å². The fraction of sp³-hybridized carbons (Fsp3) is 0.217. The van der Waals surface area contributed by atoms with Gasteiger partial charge in [0.25, 0.3) is 5.91 Å². The summed E-state index contributed by atoms with van der Waals surface area (Å²) in [6, 6.07) is 30.9. The molecule has 7 N–H and O–H groups in total. The molecule has 5 aromatic rings. The molecular formula is C46H47N5O8S. The highest BCUT2D eigenvalue weighted by Gasteiger charge is 2.33. The largest absolute Gasteiger partial charge is 0.480 e. The second-order valence-corrected chi connectivity index (χ2v) is 15.2. The number of hydrogen-bond acceptors (Lipinski definition) is 8. The Labute approximate surface area is 351 Å². The molecule has 0 radical (unpaired) electrons. The van der Waals surface area contributed by atoms with Crippen molar-refractivity contribution in [3.8, 4) is 11.1 Å². The molecule has 0 saturated carbocycles. The molecule has 0 saturated heterocycles. The monoisotopic (exact) mass is 829 g/mol. The molecular weight excluding hydrogens is 783 g/mol. The second-order valence-electron chi connectivity index (χ2n) is 14.2. The van der Waals surface area contributed by atoms with Crippen molar-refractivity contribution in [2.45, 2.75) is 63.4 Å². The number of aliphatic carboxylic acids is 1. The molecule has 60 heavy (non-hydrogen) atoms. The predicted molar refractivity (Wildman–Crippen MR) is 231 cm³/mol. The number of aliphatic hydroxyl groups is 1. The van der Waals surface area contributed by atoms with Crippen molar-refractivity contribution in [2.24, 2.45) is 0 Å². The van der Waals surface area contributed by atoms with E-state index in [2.05, 4.69) is 33.2 Å². The highest BCUT2D eigenvalue weighted by molar-refractivity contribution is 7.11. The number of amides is 5. The SMILES string of the molecule is C=C(c1cccs1)C(NC(=O)CC(O)C(=O)Nc1ccc(C)cc1)C(=O)NC(Cc1ccc(-c2ccccc2)cc1)C(=O)NC(Cc1ccccc1)C(=O)NC(C)C(=O)O. The zero-order chi connectivity index (χ0) is 43.2. The van der Waals surface area contributed by atoms with Crippen LogP contribution in [0.4, 0.5) is 5.69 Å². The van der Waals surface area contributed by atoms with E-state index in [1.807, 2.05) is 61.5 Å². The number of thiophene rings is 1. The molecule has 0 bridgehead atoms. The molecule has 5 rings (SSSR count). The van der Waals surface area contributed by atoms with Crippen LogP contribution in [-0.2, 0) is 41.6 Å². The molecule has 0 spiro atoms. The van der Waals surface area contributed by atoms with Gasteiger partial charge in [-0.2, -0.15) is 0 Å². The summed E-state index contributed by atoms with van der Waals surface area (Å²) in [4.78, 5) is 80.5. The van der Waals surface area contributed by atoms with Gasteiger partial charge in [0.2, 0.25) is 23.6 Å². The number of carbonyl (C=O) groups excluding carboxylic acids is 5. The van der Waals surface area contributed by atoms with Gasteiger partial charge in [-0.1, -0.05) is 115 Å². The lowest BCUT2D eigenvalue weighted by Crippen LogP contribution is -2.58. The van der Waals surface area contributed by atoms with E-state index in [0.29, 0.717) is 21.7 Å². The third-order valence-corrected chi connectivity index (χ3v) is 10.5. The van der Waals surface area contributed by atoms with Gasteiger partial charge in [0.15, 0.2) is 0 Å². The van der Waals surface area contributed by atoms with Gasteiger partial charge in [0, 0.05) is 23.4 Å². The Kier molecular flexibility index (Phi) is 15.6. The fourth-order valence-corrected chi connectivity index (χ4v) is 6.87. The average molecular weight is 830 g/mol. The quantitative estimate of drug-likeness (QED) is 0.0623. The van der Waals surface area contributed by atoms with Crippen molar-refractivity contribution < 1.29 is 39.0 Å². The molecule has 0 fully saturated rings. The van der Waals surface area contributed by atoms with Crippen LogP contribution < -0.4 is 26.6 Å². The van der Waals surface area contributed by atoms with E-state index in [4.69, 9.17) is 0 Å². The van der Waals surface area contributed by atoms with Gasteiger partial charge in [0.05, 0.1) is 6.42 Å². The number of hydrogen-bond donors (Lipinski definition) is 7. The normalized spacial score (nSPS) is 13.3. The number of anilines is 1. The van der Waals surface area contributed by atoms with E-state index in [1.54, 1.807) is 72.1 Å². The fourth-order valence-electron chi connectivity index (χ4n) is 6.14. The minimum absolute atomic E-state index is 0.00484. The molecule has 0 aliphatic heterocycles. The topological polar surface area (TPSA) is 203 Å². The standard InChI is InChI=1S/C46H47N5O8S/c1-28-16-22-35(23-17-28)48-44(56)38(52)27-40(53)51-41(29(2)39-15-10-24-60-39)45(57)50-37(26-32-18-20-34(21-19-32)33-13-8-5-9-14-33)43(55)49-36(25-31-11-6-4-7-12-31)42(54)47-30(3)46(58)59/h4-24,30,36-38,41,52H,2,25-27H2,1,3H3,(H,47,54)(H,48,56)(H,49,55)(H,50,57)(H,51,53)(H,58,59). The Bertz CT molecular complexity index is 2270. The first kappa shape index (κ1) is 44.2. The van der Waals surface area contributed by atoms with Crippen molar-refractivity contribution in [1.29, 1.82) is 0 Å². The van der Waals surface area contributed by atoms with Gasteiger partial charge in [-0.25, -0.2) is 0 Å². The summed E-state index contributed by atoms with van der Waals surface area (Å²) in [5.74, 6) is -5.27. The van der Waals surface area contributed by atoms with Gasteiger partial charge < -0.3 is 36.8 Å². The van der Waals surface area contributed by atoms with Crippen LogP contribution in [0.15, 0.2) is 133 Å². The molecule has 4 aromatic carbocycles. The van der Waals surface area contributed by atoms with E-state index >= 15 is 0 Å². The second kappa shape index (κ2) is 21.2. The zero-order valence-electron chi connectivity index (χ0n) is 33.1. The maximum atomic E-state index is 14.3. The Morgan fingerprint density at radius 1 is 0.633 bits per heavy atom. The molecule has 5 atom stereocenters. The Morgan fingerprint density at radius 3 is 1.77 bits per heavy atom. The lowest BCUT2D eigenvalue weighted by molar-refractivity contribution is -0.141. The Morgan fingerprint density at radius 2 is 1.18 bits per heavy atom. The molecule has 0 aliphatic rings. The molecule has 5 amide bonds. The van der Waals surface area contributed by atoms with Crippen LogP contribution in [-0.4, -0.2) is 76.0 Å². The number of nitrogens with one attached hydrogen (secondary N) is 5. The van der Waals surface area contributed by atoms with Crippen LogP contribution in [0, 0.1) is 6.92 Å². The first-order valence-corrected chi connectivity index (χ1v) is 20.0. The van der Waals surface area contributed by atoms with Gasteiger partial charge in [0.1, 0.15) is 30.3 Å². The molecule has 14 heteroatoms. The molecule has 0 aliphatic carbocycles. The summed E-state index contributed by atoms with van der Waals surface area (Å²) >= 11 is 1.26. The summed E-state index contributed by atoms with van der Waals surface area (Å²) < 4.78 is 0. The van der Waals surface area contributed by atoms with Crippen LogP contribution in [0.5, 0.6) is 0 Å². The molecule has 1 heterocycles. The average Bonchev–Trinajstić information content (AvgIpc) is 3.79. The predicted octanol–water partition coefficient (Wildman–Crippen LogP) is 4.66. The van der Waals surface area contributed by atoms with E-state index < -0.39 is 72.2 Å². The number of benzene rings is 4. The number of carbonyl (C=O) groups is 6. The van der Waals surface area contributed by atoms with Crippen molar-refractivity contribution in [2.75, 3.05) is 5.32 Å². The maximum absolute atomic E-state index is 14.3. The number of aryl methyl sites for hydroxylation is 1. The van der Waals surface area contributed by atoms with Crippen molar-refractivity contribution in [3.05, 3.63) is 155 Å². The van der Waals surface area contributed by atoms with Gasteiger partial charge in [-0.3, -0.25) is 28.8 Å². The summed E-state index contributed by atoms with van der Waals surface area (Å²) in [6.07, 6.45) is -2.51. The molecule has 13 nitrogen and oxygen atoms in total. The minimum Gasteiger partial charge on any atom is -0.480 e. The molecule has 1 aromatic heterocycles. The lowest BCUT2D eigenvalue weighted by atomic mass is 9.98. The highest BCUT2D eigenvalue weighted by atomic mass is 32.1. The summed E-state index contributed by atoms with van der Waals surface area (Å²) in [5, 5.41) is 34.9. The minimum atomic E-state index is -1.76. The van der Waals surface area contributed by atoms with Crippen molar-refractivity contribution in [3.63, 3.8) is 0 Å². The highest BCUT2D eigenvalue weighted by Crippen LogP contribution is 2.23. The van der Waals surface area contributed by atoms with Crippen molar-refractivity contribution >= 4 is 58.1 Å². The molecule has 310 valence electrons. The van der Waals surface area contributed by atoms with E-state index in [1.165, 1.54) is 18.3 Å². The van der Waals surface area contributed by atoms with Crippen LogP contribution in [0.1, 0.15) is 34.9 Å². The van der Waals surface area contributed by atoms with E-state index in [0.717, 1.165) is 16.7 Å². The van der Waals surface area contributed by atoms with Crippen LogP contribution in [0.25, 0.3) is 16.7 Å². The van der Waals surface area contributed by atoms with Crippen LogP contribution in [0.3, 0.4) is 0 Å². The number of aliphatic hydroxyl groups excluding tert-OH is 1. The number of carboxylic acid groups (broad SMARTS) is 1. The summed E-state index contributed by atoms with van der Waals surface area (Å²) in [7, 11) is 0. The number of rotatable bonds is 19. The first-order chi connectivity index (χ1) is 28.8. The van der Waals surface area contributed by atoms with Gasteiger partial charge in [-0.15, -0.1) is 11.3 Å². The Balaban J connectivity index is 1.40. The first-order valence-electron chi connectivity index (χ1n) is 19.2. The summed E-state index contributed by atoms with van der Waals surface area (Å²) in [6.45, 7) is 7.26. The van der Waals surface area contributed by atoms with Gasteiger partial charge in [-0.05, 0) is 65.3 Å². The summed E-state index contributed by atoms with van der Waals surface area (Å²) in [5.41, 5.74) is 4.80. The third-order valence-electron chi connectivity index (χ3n) is 9.53. The van der Waals surface area contributed by atoms with Crippen molar-refractivity contribution in [1.82, 2.24) is 21.3 Å². The molecule has 5 unspecified atom stereocenters. The zero-order valence-corrected chi connectivity index (χ0v) is 33.9. The third kappa shape index (κ3) is 12.8. The van der Waals surface area contributed by atoms with Crippen LogP contribution in [0.2, 0.25) is 0 Å². The Hall–Kier alpha value is -6.90. The lowest BCUT2D eigenvalue weighted by Gasteiger charge is -2.27. The number of carboxylic acids is 1. The maximum Gasteiger partial charge on any atom is 0.325 e.